The van der Waals surface area contributed by atoms with Gasteiger partial charge in [-0.1, -0.05) is 0 Å². The Morgan fingerprint density at radius 1 is 1.56 bits per heavy atom. The molecule has 86 valence electrons. The topological polar surface area (TPSA) is 114 Å². The molecule has 0 bridgehead atoms. The quantitative estimate of drug-likeness (QED) is 0.455. The monoisotopic (exact) mass is 241 g/mol. The van der Waals surface area contributed by atoms with Gasteiger partial charge in [-0.2, -0.15) is 0 Å². The largest absolute Gasteiger partial charge is 0.394 e. The number of nitrogens with one attached hydrogen (secondary N) is 3. The smallest absolute Gasteiger partial charge is 0.176 e. The molecule has 0 aromatic carbocycles. The van der Waals surface area contributed by atoms with Crippen LogP contribution in [0.3, 0.4) is 0 Å². The molecule has 0 amide bonds. The molecule has 1 unspecified atom stereocenters. The van der Waals surface area contributed by atoms with Gasteiger partial charge in [0, 0.05) is 0 Å². The summed E-state index contributed by atoms with van der Waals surface area (Å²) in [5, 5.41) is 25.7. The first-order valence-electron chi connectivity index (χ1n) is 4.62. The number of aliphatic hydroxyl groups excluding tert-OH is 2. The average molecular weight is 241 g/mol. The summed E-state index contributed by atoms with van der Waals surface area (Å²) in [7, 11) is 0. The molecule has 5 N–H and O–H groups in total. The zero-order chi connectivity index (χ0) is 11.7. The lowest BCUT2D eigenvalue weighted by Gasteiger charge is -2.10. The van der Waals surface area contributed by atoms with Gasteiger partial charge in [-0.15, -0.1) is 0 Å². The van der Waals surface area contributed by atoms with E-state index in [0.717, 1.165) is 0 Å². The maximum Gasteiger partial charge on any atom is 0.176 e. The molecule has 0 saturated heterocycles. The normalized spacial score (nSPS) is 13.1. The minimum absolute atomic E-state index is 0.0806. The van der Waals surface area contributed by atoms with Crippen molar-refractivity contribution in [2.45, 2.75) is 12.6 Å². The van der Waals surface area contributed by atoms with Crippen molar-refractivity contribution in [3.63, 3.8) is 0 Å². The molecule has 0 radical (unpaired) electrons. The zero-order valence-corrected chi connectivity index (χ0v) is 9.08. The van der Waals surface area contributed by atoms with Crippen LogP contribution in [-0.2, 0) is 6.54 Å². The molecule has 8 heteroatoms. The number of aromatic amines is 2. The first-order valence-corrected chi connectivity index (χ1v) is 5.03. The van der Waals surface area contributed by atoms with Crippen molar-refractivity contribution in [2.75, 3.05) is 6.61 Å². The van der Waals surface area contributed by atoms with Crippen molar-refractivity contribution in [1.29, 1.82) is 5.41 Å². The molecule has 2 aromatic heterocycles. The number of aromatic nitrogens is 4. The minimum Gasteiger partial charge on any atom is -0.394 e. The van der Waals surface area contributed by atoms with Gasteiger partial charge in [0.2, 0.25) is 0 Å². The van der Waals surface area contributed by atoms with Gasteiger partial charge >= 0.3 is 0 Å². The van der Waals surface area contributed by atoms with Crippen LogP contribution in [0.15, 0.2) is 6.33 Å². The van der Waals surface area contributed by atoms with Crippen LogP contribution in [0.4, 0.5) is 0 Å². The molecule has 0 aliphatic heterocycles. The van der Waals surface area contributed by atoms with Gasteiger partial charge in [-0.25, -0.2) is 4.98 Å². The number of hydrogen-bond acceptors (Lipinski definition) is 5. The number of fused-ring (bicyclic) bond motifs is 1. The van der Waals surface area contributed by atoms with Gasteiger partial charge in [0.05, 0.1) is 25.6 Å². The SMILES string of the molecule is N=c1ncn(CC(O)CO)c2[nH]c(=S)[nH]c12. The van der Waals surface area contributed by atoms with Crippen molar-refractivity contribution in [3.05, 3.63) is 16.6 Å². The third-order valence-electron chi connectivity index (χ3n) is 2.18. The second-order valence-corrected chi connectivity index (χ2v) is 3.79. The van der Waals surface area contributed by atoms with Crippen LogP contribution in [0, 0.1) is 10.2 Å². The summed E-state index contributed by atoms with van der Waals surface area (Å²) in [6, 6.07) is 0. The Labute approximate surface area is 94.9 Å². The van der Waals surface area contributed by atoms with Crippen molar-refractivity contribution >= 4 is 23.4 Å². The number of hydrogen-bond donors (Lipinski definition) is 5. The Bertz CT molecular complexity index is 613. The van der Waals surface area contributed by atoms with E-state index in [2.05, 4.69) is 15.0 Å². The number of rotatable bonds is 3. The molecular weight excluding hydrogens is 230 g/mol. The Balaban J connectivity index is 2.58. The van der Waals surface area contributed by atoms with E-state index in [1.807, 2.05) is 0 Å². The summed E-state index contributed by atoms with van der Waals surface area (Å²) in [6.07, 6.45) is 0.548. The highest BCUT2D eigenvalue weighted by molar-refractivity contribution is 7.71. The number of aliphatic hydroxyl groups is 2. The fourth-order valence-corrected chi connectivity index (χ4v) is 1.63. The number of imidazole rings is 1. The molecule has 0 aliphatic rings. The molecule has 2 aromatic rings. The van der Waals surface area contributed by atoms with Crippen LogP contribution in [0.25, 0.3) is 11.2 Å². The molecule has 2 rings (SSSR count). The van der Waals surface area contributed by atoms with Crippen molar-refractivity contribution in [1.82, 2.24) is 19.5 Å². The lowest BCUT2D eigenvalue weighted by molar-refractivity contribution is 0.0817. The minimum atomic E-state index is -0.872. The van der Waals surface area contributed by atoms with Crippen molar-refractivity contribution in [2.24, 2.45) is 0 Å². The Morgan fingerprint density at radius 2 is 2.31 bits per heavy atom. The van der Waals surface area contributed by atoms with E-state index in [-0.39, 0.29) is 18.6 Å². The summed E-state index contributed by atoms with van der Waals surface area (Å²) in [4.78, 5) is 9.52. The van der Waals surface area contributed by atoms with E-state index in [4.69, 9.17) is 22.7 Å². The molecule has 7 nitrogen and oxygen atoms in total. The molecule has 16 heavy (non-hydrogen) atoms. The lowest BCUT2D eigenvalue weighted by atomic mass is 10.3. The zero-order valence-electron chi connectivity index (χ0n) is 8.27. The first-order chi connectivity index (χ1) is 7.61. The Hall–Kier alpha value is -1.51. The van der Waals surface area contributed by atoms with Gasteiger partial charge in [0.25, 0.3) is 0 Å². The maximum absolute atomic E-state index is 9.35. The molecule has 0 spiro atoms. The standard InChI is InChI=1S/C8H11N5O2S/c9-6-5-7(12-8(16)11-5)13(3-10-6)1-4(15)2-14/h3-4,9,14-15H,1-2H2,(H2,11,12,16). The van der Waals surface area contributed by atoms with Gasteiger partial charge in [0.1, 0.15) is 11.2 Å². The lowest BCUT2D eigenvalue weighted by Crippen LogP contribution is -2.22. The highest BCUT2D eigenvalue weighted by Crippen LogP contribution is 2.04. The van der Waals surface area contributed by atoms with Crippen molar-refractivity contribution < 1.29 is 10.2 Å². The van der Waals surface area contributed by atoms with Gasteiger partial charge < -0.3 is 24.7 Å². The first kappa shape index (κ1) is 11.0. The molecule has 0 fully saturated rings. The maximum atomic E-state index is 9.35. The van der Waals surface area contributed by atoms with E-state index in [0.29, 0.717) is 15.9 Å². The summed E-state index contributed by atoms with van der Waals surface area (Å²) in [6.45, 7) is -0.147. The molecule has 0 aliphatic carbocycles. The highest BCUT2D eigenvalue weighted by atomic mass is 32.1. The molecule has 0 saturated carbocycles. The van der Waals surface area contributed by atoms with Crippen LogP contribution in [0.5, 0.6) is 0 Å². The van der Waals surface area contributed by atoms with E-state index in [9.17, 15) is 5.11 Å². The number of H-pyrrole nitrogens is 2. The summed E-state index contributed by atoms with van der Waals surface area (Å²) in [5.74, 6) is 0. The van der Waals surface area contributed by atoms with Gasteiger partial charge in [-0.3, -0.25) is 5.41 Å². The van der Waals surface area contributed by atoms with Crippen molar-refractivity contribution in [3.8, 4) is 0 Å². The summed E-state index contributed by atoms with van der Waals surface area (Å²) in [5.41, 5.74) is 1.15. The molecule has 1 atom stereocenters. The van der Waals surface area contributed by atoms with E-state index >= 15 is 0 Å². The third kappa shape index (κ3) is 1.90. The van der Waals surface area contributed by atoms with E-state index in [1.54, 1.807) is 4.57 Å². The van der Waals surface area contributed by atoms with Gasteiger partial charge in [-0.05, 0) is 12.2 Å². The summed E-state index contributed by atoms with van der Waals surface area (Å²) >= 11 is 4.93. The third-order valence-corrected chi connectivity index (χ3v) is 2.38. The fraction of sp³-hybridized carbons (Fsp3) is 0.375. The van der Waals surface area contributed by atoms with Gasteiger partial charge in [0.15, 0.2) is 10.3 Å². The Kier molecular flexibility index (Phi) is 2.86. The Morgan fingerprint density at radius 3 is 3.00 bits per heavy atom. The molecular formula is C8H11N5O2S. The van der Waals surface area contributed by atoms with Crippen LogP contribution in [0.2, 0.25) is 0 Å². The van der Waals surface area contributed by atoms with E-state index < -0.39 is 6.10 Å². The van der Waals surface area contributed by atoms with Crippen LogP contribution < -0.4 is 5.49 Å². The van der Waals surface area contributed by atoms with Crippen LogP contribution in [0.1, 0.15) is 0 Å². The second-order valence-electron chi connectivity index (χ2n) is 3.38. The van der Waals surface area contributed by atoms with E-state index in [1.165, 1.54) is 6.33 Å². The highest BCUT2D eigenvalue weighted by Gasteiger charge is 2.08. The fourth-order valence-electron chi connectivity index (χ4n) is 1.43. The predicted octanol–water partition coefficient (Wildman–Crippen LogP) is -0.745. The molecule has 2 heterocycles. The average Bonchev–Trinajstić information content (AvgIpc) is 2.65. The summed E-state index contributed by atoms with van der Waals surface area (Å²) < 4.78 is 1.99. The van der Waals surface area contributed by atoms with Crippen LogP contribution >= 0.6 is 12.2 Å². The predicted molar refractivity (Wildman–Crippen MR) is 58.2 cm³/mol. The van der Waals surface area contributed by atoms with Crippen LogP contribution in [-0.4, -0.2) is 42.4 Å². The number of nitrogens with zero attached hydrogens (tertiary/aromatic N) is 2. The second kappa shape index (κ2) is 4.16.